The van der Waals surface area contributed by atoms with Crippen LogP contribution in [0.3, 0.4) is 0 Å². The normalized spacial score (nSPS) is 12.0. The second-order valence-electron chi connectivity index (χ2n) is 10.9. The fourth-order valence-corrected chi connectivity index (χ4v) is 5.53. The summed E-state index contributed by atoms with van der Waals surface area (Å²) in [6, 6.07) is 15.2. The van der Waals surface area contributed by atoms with E-state index >= 15 is 0 Å². The van der Waals surface area contributed by atoms with Gasteiger partial charge in [0.2, 0.25) is 5.82 Å². The lowest BCUT2D eigenvalue weighted by Gasteiger charge is -2.25. The largest absolute Gasteiger partial charge is 0.481 e. The summed E-state index contributed by atoms with van der Waals surface area (Å²) in [4.78, 5) is 38.3. The van der Waals surface area contributed by atoms with Crippen LogP contribution < -0.4 is 0 Å². The molecular formula is C32H36ClN9O4. The Morgan fingerprint density at radius 3 is 2.59 bits per heavy atom. The Morgan fingerprint density at radius 1 is 1.13 bits per heavy atom. The van der Waals surface area contributed by atoms with E-state index in [-0.39, 0.29) is 24.6 Å². The van der Waals surface area contributed by atoms with Gasteiger partial charge >= 0.3 is 11.9 Å². The molecule has 2 aromatic carbocycles. The first-order valence-corrected chi connectivity index (χ1v) is 15.4. The lowest BCUT2D eigenvalue weighted by atomic mass is 9.98. The van der Waals surface area contributed by atoms with Crippen molar-refractivity contribution in [3.05, 3.63) is 89.0 Å². The maximum Gasteiger partial charge on any atom is 0.323 e. The molecule has 3 N–H and O–H groups in total. The number of carbonyl (C=O) groups excluding carboxylic acids is 1. The summed E-state index contributed by atoms with van der Waals surface area (Å²) >= 11 is 6.65. The van der Waals surface area contributed by atoms with Crippen molar-refractivity contribution in [2.24, 2.45) is 0 Å². The van der Waals surface area contributed by atoms with E-state index in [1.165, 1.54) is 0 Å². The third-order valence-electron chi connectivity index (χ3n) is 7.72. The fraction of sp³-hybridized carbons (Fsp3) is 0.344. The SMILES string of the molecule is CCCCc1nc(Cl)c(COC(=O)[C@H](CCC(=O)O)N(C)Cc2ncc[nH]2)n1Cc1ccc(-c2ccccc2-c2nn[nH]n2)cc1. The number of rotatable bonds is 16. The molecular weight excluding hydrogens is 610 g/mol. The molecule has 0 aliphatic carbocycles. The van der Waals surface area contributed by atoms with Crippen LogP contribution in [-0.2, 0) is 40.4 Å². The number of nitrogens with one attached hydrogen (secondary N) is 2. The number of carbonyl (C=O) groups is 2. The summed E-state index contributed by atoms with van der Waals surface area (Å²) in [5.74, 6) is 0.447. The van der Waals surface area contributed by atoms with Crippen LogP contribution in [0.4, 0.5) is 0 Å². The number of hydrogen-bond donors (Lipinski definition) is 3. The number of esters is 1. The highest BCUT2D eigenvalue weighted by Gasteiger charge is 2.27. The van der Waals surface area contributed by atoms with Gasteiger partial charge < -0.3 is 19.4 Å². The number of aromatic nitrogens is 8. The summed E-state index contributed by atoms with van der Waals surface area (Å²) < 4.78 is 7.80. The highest BCUT2D eigenvalue weighted by atomic mass is 35.5. The molecule has 0 fully saturated rings. The van der Waals surface area contributed by atoms with E-state index in [1.54, 1.807) is 24.3 Å². The molecule has 0 bridgehead atoms. The number of imidazole rings is 2. The highest BCUT2D eigenvalue weighted by Crippen LogP contribution is 2.30. The molecule has 14 heteroatoms. The second-order valence-corrected chi connectivity index (χ2v) is 11.3. The number of carboxylic acids is 1. The van der Waals surface area contributed by atoms with Crippen molar-refractivity contribution >= 4 is 23.5 Å². The van der Waals surface area contributed by atoms with E-state index in [1.807, 2.05) is 53.1 Å². The van der Waals surface area contributed by atoms with Gasteiger partial charge in [-0.05, 0) is 41.8 Å². The van der Waals surface area contributed by atoms with E-state index in [4.69, 9.17) is 16.3 Å². The molecule has 5 rings (SSSR count). The van der Waals surface area contributed by atoms with E-state index < -0.39 is 18.0 Å². The number of likely N-dealkylation sites (N-methyl/N-ethyl adjacent to an activating group) is 1. The van der Waals surface area contributed by atoms with Crippen LogP contribution in [0.15, 0.2) is 60.9 Å². The van der Waals surface area contributed by atoms with Crippen LogP contribution >= 0.6 is 11.6 Å². The third-order valence-corrected chi connectivity index (χ3v) is 8.02. The molecule has 0 saturated heterocycles. The molecule has 240 valence electrons. The molecule has 46 heavy (non-hydrogen) atoms. The minimum Gasteiger partial charge on any atom is -0.481 e. The zero-order chi connectivity index (χ0) is 32.5. The van der Waals surface area contributed by atoms with Crippen LogP contribution in [0.1, 0.15) is 55.5 Å². The third kappa shape index (κ3) is 8.03. The summed E-state index contributed by atoms with van der Waals surface area (Å²) in [5.41, 5.74) is 4.44. The molecule has 3 heterocycles. The Morgan fingerprint density at radius 2 is 1.91 bits per heavy atom. The molecule has 0 amide bonds. The first-order chi connectivity index (χ1) is 22.3. The van der Waals surface area contributed by atoms with Crippen molar-refractivity contribution in [3.8, 4) is 22.5 Å². The number of aromatic amines is 2. The first-order valence-electron chi connectivity index (χ1n) is 15.1. The van der Waals surface area contributed by atoms with Gasteiger partial charge in [0, 0.05) is 37.3 Å². The Kier molecular flexibility index (Phi) is 10.9. The average molecular weight is 646 g/mol. The summed E-state index contributed by atoms with van der Waals surface area (Å²) in [6.45, 7) is 2.80. The number of nitrogens with zero attached hydrogens (tertiary/aromatic N) is 7. The minimum absolute atomic E-state index is 0.0856. The van der Waals surface area contributed by atoms with Gasteiger partial charge in [0.25, 0.3) is 0 Å². The summed E-state index contributed by atoms with van der Waals surface area (Å²) in [7, 11) is 1.74. The predicted molar refractivity (Wildman–Crippen MR) is 171 cm³/mol. The van der Waals surface area contributed by atoms with Crippen molar-refractivity contribution in [2.75, 3.05) is 7.05 Å². The van der Waals surface area contributed by atoms with Gasteiger partial charge in [-0.15, -0.1) is 10.2 Å². The number of H-pyrrole nitrogens is 2. The monoisotopic (exact) mass is 645 g/mol. The molecule has 0 unspecified atom stereocenters. The summed E-state index contributed by atoms with van der Waals surface area (Å²) in [5, 5.41) is 24.0. The molecule has 0 saturated carbocycles. The second kappa shape index (κ2) is 15.4. The van der Waals surface area contributed by atoms with Gasteiger partial charge in [-0.3, -0.25) is 14.5 Å². The zero-order valence-electron chi connectivity index (χ0n) is 25.7. The van der Waals surface area contributed by atoms with Gasteiger partial charge in [-0.2, -0.15) is 5.21 Å². The van der Waals surface area contributed by atoms with Crippen molar-refractivity contribution in [1.29, 1.82) is 0 Å². The predicted octanol–water partition coefficient (Wildman–Crippen LogP) is 4.91. The van der Waals surface area contributed by atoms with Crippen LogP contribution in [0.5, 0.6) is 0 Å². The Labute approximate surface area is 271 Å². The minimum atomic E-state index is -0.991. The number of benzene rings is 2. The van der Waals surface area contributed by atoms with E-state index in [0.717, 1.165) is 40.9 Å². The number of aryl methyl sites for hydroxylation is 1. The number of carboxylic acid groups (broad SMARTS) is 1. The van der Waals surface area contributed by atoms with Crippen molar-refractivity contribution in [2.45, 2.75) is 64.8 Å². The summed E-state index contributed by atoms with van der Waals surface area (Å²) in [6.07, 6.45) is 5.84. The quantitative estimate of drug-likeness (QED) is 0.125. The average Bonchev–Trinajstić information content (AvgIpc) is 3.83. The van der Waals surface area contributed by atoms with Crippen LogP contribution in [0.2, 0.25) is 5.15 Å². The van der Waals surface area contributed by atoms with Gasteiger partial charge in [0.15, 0.2) is 5.15 Å². The van der Waals surface area contributed by atoms with Crippen molar-refractivity contribution < 1.29 is 19.4 Å². The Hall–Kier alpha value is -4.88. The number of ether oxygens (including phenoxy) is 1. The standard InChI is InChI=1S/C32H36ClN9O4/c1-3-4-9-28-36-30(33)26(20-46-32(45)25(14-15-29(43)44)41(2)19-27-34-16-17-35-27)42(28)18-21-10-12-22(13-11-21)23-7-5-6-8-24(23)31-37-39-40-38-31/h5-8,10-13,16-17,25H,3-4,9,14-15,18-20H2,1-2H3,(H,34,35)(H,43,44)(H,37,38,39,40)/t25-/m0/s1. The number of unbranched alkanes of at least 4 members (excludes halogenated alkanes) is 1. The maximum absolute atomic E-state index is 13.4. The molecule has 5 aromatic rings. The molecule has 0 aliphatic rings. The Balaban J connectivity index is 1.35. The van der Waals surface area contributed by atoms with Crippen LogP contribution in [-0.4, -0.2) is 75.2 Å². The van der Waals surface area contributed by atoms with Gasteiger partial charge in [0.1, 0.15) is 24.3 Å². The fourth-order valence-electron chi connectivity index (χ4n) is 5.28. The zero-order valence-corrected chi connectivity index (χ0v) is 26.4. The molecule has 13 nitrogen and oxygen atoms in total. The number of aliphatic carboxylic acids is 1. The van der Waals surface area contributed by atoms with Crippen molar-refractivity contribution in [1.82, 2.24) is 45.0 Å². The molecule has 0 spiro atoms. The van der Waals surface area contributed by atoms with Gasteiger partial charge in [0.05, 0.1) is 12.2 Å². The lowest BCUT2D eigenvalue weighted by Crippen LogP contribution is -2.40. The molecule has 0 radical (unpaired) electrons. The number of hydrogen-bond acceptors (Lipinski definition) is 9. The van der Waals surface area contributed by atoms with E-state index in [0.29, 0.717) is 36.9 Å². The van der Waals surface area contributed by atoms with E-state index in [9.17, 15) is 14.7 Å². The number of halogens is 1. The number of tetrazole rings is 1. The molecule has 1 atom stereocenters. The first kappa shape index (κ1) is 32.5. The topological polar surface area (TPSA) is 168 Å². The van der Waals surface area contributed by atoms with Crippen molar-refractivity contribution in [3.63, 3.8) is 0 Å². The van der Waals surface area contributed by atoms with Gasteiger partial charge in [-0.25, -0.2) is 9.97 Å². The highest BCUT2D eigenvalue weighted by molar-refractivity contribution is 6.30. The van der Waals surface area contributed by atoms with Crippen LogP contribution in [0, 0.1) is 0 Å². The molecule has 3 aromatic heterocycles. The van der Waals surface area contributed by atoms with Crippen LogP contribution in [0.25, 0.3) is 22.5 Å². The smallest absolute Gasteiger partial charge is 0.323 e. The van der Waals surface area contributed by atoms with E-state index in [2.05, 4.69) is 42.5 Å². The Bertz CT molecular complexity index is 1720. The maximum atomic E-state index is 13.4. The molecule has 0 aliphatic heterocycles. The lowest BCUT2D eigenvalue weighted by molar-refractivity contribution is -0.152. The van der Waals surface area contributed by atoms with Gasteiger partial charge in [-0.1, -0.05) is 73.5 Å².